The van der Waals surface area contributed by atoms with Crippen molar-refractivity contribution in [3.05, 3.63) is 65.7 Å². The SMILES string of the molecule is CCNC(=O)[C@H](Cc1ccc(OC(C)(C)C)cc1)NC(=O)OCc1ccccc1. The van der Waals surface area contributed by atoms with Crippen LogP contribution in [0.5, 0.6) is 5.75 Å². The first-order chi connectivity index (χ1) is 13.8. The Morgan fingerprint density at radius 2 is 1.62 bits per heavy atom. The first-order valence-electron chi connectivity index (χ1n) is 9.79. The number of benzene rings is 2. The fraction of sp³-hybridized carbons (Fsp3) is 0.391. The molecule has 2 N–H and O–H groups in total. The summed E-state index contributed by atoms with van der Waals surface area (Å²) in [5, 5.41) is 5.42. The van der Waals surface area contributed by atoms with Crippen molar-refractivity contribution in [2.24, 2.45) is 0 Å². The first-order valence-corrected chi connectivity index (χ1v) is 9.79. The van der Waals surface area contributed by atoms with Crippen LogP contribution in [0.15, 0.2) is 54.6 Å². The Labute approximate surface area is 172 Å². The maximum absolute atomic E-state index is 12.4. The second-order valence-electron chi connectivity index (χ2n) is 7.72. The molecule has 6 nitrogen and oxygen atoms in total. The summed E-state index contributed by atoms with van der Waals surface area (Å²) in [6, 6.07) is 16.2. The van der Waals surface area contributed by atoms with Gasteiger partial charge in [0.1, 0.15) is 24.0 Å². The number of nitrogens with one attached hydrogen (secondary N) is 2. The molecule has 0 unspecified atom stereocenters. The lowest BCUT2D eigenvalue weighted by molar-refractivity contribution is -0.122. The van der Waals surface area contributed by atoms with Crippen molar-refractivity contribution < 1.29 is 19.1 Å². The fourth-order valence-corrected chi connectivity index (χ4v) is 2.70. The van der Waals surface area contributed by atoms with Crippen molar-refractivity contribution >= 4 is 12.0 Å². The van der Waals surface area contributed by atoms with Gasteiger partial charge in [-0.25, -0.2) is 4.79 Å². The summed E-state index contributed by atoms with van der Waals surface area (Å²) < 4.78 is 11.1. The van der Waals surface area contributed by atoms with E-state index in [1.54, 1.807) is 0 Å². The summed E-state index contributed by atoms with van der Waals surface area (Å²) in [5.74, 6) is 0.505. The van der Waals surface area contributed by atoms with Gasteiger partial charge in [-0.2, -0.15) is 0 Å². The number of carbonyl (C=O) groups excluding carboxylic acids is 2. The van der Waals surface area contributed by atoms with Crippen molar-refractivity contribution in [1.29, 1.82) is 0 Å². The third kappa shape index (κ3) is 8.25. The fourth-order valence-electron chi connectivity index (χ4n) is 2.70. The lowest BCUT2D eigenvalue weighted by atomic mass is 10.0. The summed E-state index contributed by atoms with van der Waals surface area (Å²) in [6.45, 7) is 8.41. The Hall–Kier alpha value is -3.02. The standard InChI is InChI=1S/C23H30N2O4/c1-5-24-21(26)20(25-22(27)28-16-18-9-7-6-8-10-18)15-17-11-13-19(14-12-17)29-23(2,3)4/h6-14,20H,5,15-16H2,1-4H3,(H,24,26)(H,25,27)/t20-/m0/s1. The van der Waals surface area contributed by atoms with Crippen LogP contribution in [0.25, 0.3) is 0 Å². The highest BCUT2D eigenvalue weighted by atomic mass is 16.5. The molecule has 0 radical (unpaired) electrons. The molecule has 2 rings (SSSR count). The summed E-state index contributed by atoms with van der Waals surface area (Å²) in [4.78, 5) is 24.6. The van der Waals surface area contributed by atoms with E-state index in [1.807, 2.05) is 82.3 Å². The van der Waals surface area contributed by atoms with Crippen LogP contribution in [0.1, 0.15) is 38.8 Å². The van der Waals surface area contributed by atoms with Crippen molar-refractivity contribution in [3.8, 4) is 5.75 Å². The van der Waals surface area contributed by atoms with Crippen LogP contribution in [-0.4, -0.2) is 30.2 Å². The highest BCUT2D eigenvalue weighted by Crippen LogP contribution is 2.19. The minimum Gasteiger partial charge on any atom is -0.488 e. The zero-order valence-electron chi connectivity index (χ0n) is 17.5. The molecule has 2 aromatic rings. The highest BCUT2D eigenvalue weighted by molar-refractivity contribution is 5.85. The second kappa shape index (κ2) is 10.5. The Kier molecular flexibility index (Phi) is 8.07. The van der Waals surface area contributed by atoms with Gasteiger partial charge in [0.15, 0.2) is 0 Å². The molecule has 0 spiro atoms. The zero-order chi connectivity index (χ0) is 21.3. The van der Waals surface area contributed by atoms with E-state index >= 15 is 0 Å². The lowest BCUT2D eigenvalue weighted by Gasteiger charge is -2.22. The molecule has 29 heavy (non-hydrogen) atoms. The molecular formula is C23H30N2O4. The number of hydrogen-bond acceptors (Lipinski definition) is 4. The van der Waals surface area contributed by atoms with Crippen LogP contribution in [0.3, 0.4) is 0 Å². The molecule has 0 fully saturated rings. The topological polar surface area (TPSA) is 76.7 Å². The predicted octanol–water partition coefficient (Wildman–Crippen LogP) is 3.84. The molecule has 0 aliphatic rings. The van der Waals surface area contributed by atoms with Crippen LogP contribution >= 0.6 is 0 Å². The number of hydrogen-bond donors (Lipinski definition) is 2. The van der Waals surface area contributed by atoms with E-state index in [2.05, 4.69) is 10.6 Å². The predicted molar refractivity (Wildman–Crippen MR) is 113 cm³/mol. The van der Waals surface area contributed by atoms with Gasteiger partial charge >= 0.3 is 6.09 Å². The van der Waals surface area contributed by atoms with Gasteiger partial charge in [0, 0.05) is 13.0 Å². The molecule has 6 heteroatoms. The van der Waals surface area contributed by atoms with Crippen LogP contribution in [0.2, 0.25) is 0 Å². The molecule has 0 heterocycles. The number of rotatable bonds is 8. The van der Waals surface area contributed by atoms with E-state index in [0.29, 0.717) is 13.0 Å². The normalized spacial score (nSPS) is 12.0. The first kappa shape index (κ1) is 22.3. The largest absolute Gasteiger partial charge is 0.488 e. The molecule has 0 saturated heterocycles. The van der Waals surface area contributed by atoms with Crippen LogP contribution in [-0.2, 0) is 22.6 Å². The Balaban J connectivity index is 1.98. The minimum absolute atomic E-state index is 0.146. The number of ether oxygens (including phenoxy) is 2. The number of carbonyl (C=O) groups is 2. The van der Waals surface area contributed by atoms with Gasteiger partial charge in [-0.3, -0.25) is 4.79 Å². The van der Waals surface area contributed by atoms with E-state index in [1.165, 1.54) is 0 Å². The lowest BCUT2D eigenvalue weighted by Crippen LogP contribution is -2.48. The summed E-state index contributed by atoms with van der Waals surface area (Å²) in [6.07, 6.45) is -0.278. The Morgan fingerprint density at radius 1 is 0.966 bits per heavy atom. The van der Waals surface area contributed by atoms with E-state index < -0.39 is 12.1 Å². The highest BCUT2D eigenvalue weighted by Gasteiger charge is 2.22. The van der Waals surface area contributed by atoms with Gasteiger partial charge in [0.2, 0.25) is 5.91 Å². The van der Waals surface area contributed by atoms with E-state index in [9.17, 15) is 9.59 Å². The third-order valence-corrected chi connectivity index (χ3v) is 3.96. The quantitative estimate of drug-likeness (QED) is 0.708. The van der Waals surface area contributed by atoms with E-state index in [0.717, 1.165) is 16.9 Å². The Bertz CT molecular complexity index is 783. The molecule has 0 aliphatic heterocycles. The maximum Gasteiger partial charge on any atom is 0.408 e. The molecule has 0 bridgehead atoms. The number of alkyl carbamates (subject to hydrolysis) is 1. The molecular weight excluding hydrogens is 368 g/mol. The van der Waals surface area contributed by atoms with E-state index in [4.69, 9.17) is 9.47 Å². The van der Waals surface area contributed by atoms with Crippen LogP contribution in [0, 0.1) is 0 Å². The molecule has 156 valence electrons. The van der Waals surface area contributed by atoms with Gasteiger partial charge in [0.05, 0.1) is 0 Å². The van der Waals surface area contributed by atoms with Crippen LogP contribution < -0.4 is 15.4 Å². The van der Waals surface area contributed by atoms with Crippen molar-refractivity contribution in [1.82, 2.24) is 10.6 Å². The molecule has 1 atom stereocenters. The second-order valence-corrected chi connectivity index (χ2v) is 7.72. The molecule has 2 amide bonds. The summed E-state index contributed by atoms with van der Waals surface area (Å²) in [7, 11) is 0. The average molecular weight is 399 g/mol. The summed E-state index contributed by atoms with van der Waals surface area (Å²) in [5.41, 5.74) is 1.51. The smallest absolute Gasteiger partial charge is 0.408 e. The van der Waals surface area contributed by atoms with Gasteiger partial charge < -0.3 is 20.1 Å². The van der Waals surface area contributed by atoms with Crippen LogP contribution in [0.4, 0.5) is 4.79 Å². The van der Waals surface area contributed by atoms with Crippen molar-refractivity contribution in [2.75, 3.05) is 6.54 Å². The molecule has 0 aromatic heterocycles. The summed E-state index contributed by atoms with van der Waals surface area (Å²) >= 11 is 0. The molecule has 2 aromatic carbocycles. The van der Waals surface area contributed by atoms with Gasteiger partial charge in [-0.05, 0) is 51.0 Å². The molecule has 0 saturated carbocycles. The van der Waals surface area contributed by atoms with Gasteiger partial charge in [-0.15, -0.1) is 0 Å². The van der Waals surface area contributed by atoms with E-state index in [-0.39, 0.29) is 18.1 Å². The van der Waals surface area contributed by atoms with Gasteiger partial charge in [0.25, 0.3) is 0 Å². The number of amides is 2. The average Bonchev–Trinajstić information content (AvgIpc) is 2.67. The van der Waals surface area contributed by atoms with Crippen molar-refractivity contribution in [2.45, 2.75) is 52.4 Å². The number of likely N-dealkylation sites (N-methyl/N-ethyl adjacent to an activating group) is 1. The maximum atomic E-state index is 12.4. The monoisotopic (exact) mass is 398 g/mol. The zero-order valence-corrected chi connectivity index (χ0v) is 17.5. The van der Waals surface area contributed by atoms with Gasteiger partial charge in [-0.1, -0.05) is 42.5 Å². The Morgan fingerprint density at radius 3 is 2.21 bits per heavy atom. The molecule has 0 aliphatic carbocycles. The minimum atomic E-state index is -0.729. The third-order valence-electron chi connectivity index (χ3n) is 3.96. The van der Waals surface area contributed by atoms with Crippen molar-refractivity contribution in [3.63, 3.8) is 0 Å².